The van der Waals surface area contributed by atoms with Gasteiger partial charge < -0.3 is 10.2 Å². The highest BCUT2D eigenvalue weighted by molar-refractivity contribution is 5.93. The fourth-order valence-corrected chi connectivity index (χ4v) is 6.48. The van der Waals surface area contributed by atoms with Gasteiger partial charge in [0.1, 0.15) is 11.5 Å². The Morgan fingerprint density at radius 2 is 0.692 bits per heavy atom. The van der Waals surface area contributed by atoms with Crippen molar-refractivity contribution in [1.29, 1.82) is 0 Å². The Morgan fingerprint density at radius 1 is 0.333 bits per heavy atom. The summed E-state index contributed by atoms with van der Waals surface area (Å²) in [7, 11) is 0. The van der Waals surface area contributed by atoms with Crippen molar-refractivity contribution >= 4 is 0 Å². The number of hydrogen-bond acceptors (Lipinski definition) is 2. The van der Waals surface area contributed by atoms with Crippen LogP contribution in [0.2, 0.25) is 0 Å². The van der Waals surface area contributed by atoms with Gasteiger partial charge in [-0.25, -0.2) is 0 Å². The molecule has 0 bridgehead atoms. The molecular formula is C37H26O2. The highest BCUT2D eigenvalue weighted by Gasteiger charge is 2.51. The van der Waals surface area contributed by atoms with E-state index in [-0.39, 0.29) is 11.5 Å². The van der Waals surface area contributed by atoms with Crippen molar-refractivity contribution in [3.63, 3.8) is 0 Å². The van der Waals surface area contributed by atoms with E-state index in [1.807, 2.05) is 60.7 Å². The zero-order valence-corrected chi connectivity index (χ0v) is 21.3. The Labute approximate surface area is 228 Å². The Hall–Kier alpha value is -5.08. The van der Waals surface area contributed by atoms with Crippen LogP contribution in [0.5, 0.6) is 11.5 Å². The van der Waals surface area contributed by atoms with E-state index < -0.39 is 5.41 Å². The van der Waals surface area contributed by atoms with Crippen molar-refractivity contribution in [2.24, 2.45) is 0 Å². The van der Waals surface area contributed by atoms with E-state index in [0.717, 1.165) is 55.6 Å². The minimum absolute atomic E-state index is 0.185. The molecule has 0 amide bonds. The molecule has 0 saturated heterocycles. The Bertz CT molecular complexity index is 1680. The lowest BCUT2D eigenvalue weighted by Crippen LogP contribution is -2.30. The van der Waals surface area contributed by atoms with Gasteiger partial charge in [-0.05, 0) is 56.6 Å². The summed E-state index contributed by atoms with van der Waals surface area (Å²) in [5.74, 6) is 0.371. The number of hydrogen-bond donors (Lipinski definition) is 2. The molecule has 6 aromatic rings. The average molecular weight is 503 g/mol. The quantitative estimate of drug-likeness (QED) is 0.252. The monoisotopic (exact) mass is 502 g/mol. The lowest BCUT2D eigenvalue weighted by molar-refractivity contribution is 0.449. The molecule has 0 unspecified atom stereocenters. The third-order valence-corrected chi connectivity index (χ3v) is 7.96. The van der Waals surface area contributed by atoms with Crippen molar-refractivity contribution in [1.82, 2.24) is 0 Å². The van der Waals surface area contributed by atoms with Crippen molar-refractivity contribution < 1.29 is 10.2 Å². The molecule has 186 valence electrons. The smallest absolute Gasteiger partial charge is 0.120 e. The van der Waals surface area contributed by atoms with Gasteiger partial charge in [-0.1, -0.05) is 133 Å². The summed E-state index contributed by atoms with van der Waals surface area (Å²) in [6.07, 6.45) is 0. The summed E-state index contributed by atoms with van der Waals surface area (Å²) >= 11 is 0. The van der Waals surface area contributed by atoms with Gasteiger partial charge >= 0.3 is 0 Å². The van der Waals surface area contributed by atoms with Gasteiger partial charge in [-0.3, -0.25) is 0 Å². The lowest BCUT2D eigenvalue weighted by atomic mass is 9.63. The van der Waals surface area contributed by atoms with Gasteiger partial charge in [0.05, 0.1) is 5.41 Å². The summed E-state index contributed by atoms with van der Waals surface area (Å²) in [6.45, 7) is 0. The van der Waals surface area contributed by atoms with Crippen LogP contribution >= 0.6 is 0 Å². The first kappa shape index (κ1) is 23.1. The van der Waals surface area contributed by atoms with Crippen LogP contribution in [0.25, 0.3) is 33.4 Å². The molecule has 2 nitrogen and oxygen atoms in total. The molecule has 0 atom stereocenters. The molecule has 1 aliphatic rings. The topological polar surface area (TPSA) is 40.5 Å². The third-order valence-electron chi connectivity index (χ3n) is 7.96. The molecule has 1 aliphatic carbocycles. The van der Waals surface area contributed by atoms with E-state index in [2.05, 4.69) is 72.8 Å². The molecule has 0 aliphatic heterocycles. The maximum absolute atomic E-state index is 11.9. The normalized spacial score (nSPS) is 13.0. The Balaban J connectivity index is 1.73. The predicted octanol–water partition coefficient (Wildman–Crippen LogP) is 8.79. The largest absolute Gasteiger partial charge is 0.508 e. The fraction of sp³-hybridized carbons (Fsp3) is 0.0270. The first-order valence-corrected chi connectivity index (χ1v) is 13.2. The molecule has 0 spiro atoms. The molecule has 2 N–H and O–H groups in total. The SMILES string of the molecule is Oc1cccc(-c2ccccc2)c1C1(c2c(O)cccc2-c2ccccc2)c2ccccc2-c2ccccc21. The Morgan fingerprint density at radius 3 is 1.13 bits per heavy atom. The van der Waals surface area contributed by atoms with Crippen LogP contribution in [0, 0.1) is 0 Å². The molecule has 0 aromatic heterocycles. The van der Waals surface area contributed by atoms with Crippen LogP contribution < -0.4 is 0 Å². The number of phenolic OH excluding ortho intramolecular Hbond substituents is 2. The van der Waals surface area contributed by atoms with Crippen LogP contribution in [0.1, 0.15) is 22.3 Å². The minimum atomic E-state index is -0.986. The van der Waals surface area contributed by atoms with Crippen LogP contribution in [0.3, 0.4) is 0 Å². The molecule has 0 radical (unpaired) electrons. The van der Waals surface area contributed by atoms with Gasteiger partial charge in [0.15, 0.2) is 0 Å². The highest BCUT2D eigenvalue weighted by atomic mass is 16.3. The second-order valence-electron chi connectivity index (χ2n) is 9.97. The number of aromatic hydroxyl groups is 2. The van der Waals surface area contributed by atoms with Crippen molar-refractivity contribution in [2.75, 3.05) is 0 Å². The lowest BCUT2D eigenvalue weighted by Gasteiger charge is -2.37. The van der Waals surface area contributed by atoms with Gasteiger partial charge in [0.25, 0.3) is 0 Å². The zero-order valence-electron chi connectivity index (χ0n) is 21.3. The van der Waals surface area contributed by atoms with E-state index in [1.54, 1.807) is 12.1 Å². The Kier molecular flexibility index (Phi) is 5.35. The molecule has 39 heavy (non-hydrogen) atoms. The fourth-order valence-electron chi connectivity index (χ4n) is 6.48. The molecule has 6 aromatic carbocycles. The molecule has 0 heterocycles. The number of rotatable bonds is 4. The summed E-state index contributed by atoms with van der Waals surface area (Å²) in [4.78, 5) is 0. The number of fused-ring (bicyclic) bond motifs is 3. The van der Waals surface area contributed by atoms with Crippen LogP contribution in [-0.2, 0) is 5.41 Å². The van der Waals surface area contributed by atoms with E-state index >= 15 is 0 Å². The van der Waals surface area contributed by atoms with Crippen LogP contribution in [0.4, 0.5) is 0 Å². The van der Waals surface area contributed by atoms with Crippen molar-refractivity contribution in [3.05, 3.63) is 168 Å². The molecular weight excluding hydrogens is 476 g/mol. The van der Waals surface area contributed by atoms with Gasteiger partial charge in [-0.2, -0.15) is 0 Å². The second kappa shape index (κ2) is 9.04. The average Bonchev–Trinajstić information content (AvgIpc) is 3.28. The maximum atomic E-state index is 11.9. The minimum Gasteiger partial charge on any atom is -0.508 e. The van der Waals surface area contributed by atoms with Crippen LogP contribution in [-0.4, -0.2) is 10.2 Å². The summed E-state index contributed by atoms with van der Waals surface area (Å²) in [5.41, 5.74) is 8.62. The van der Waals surface area contributed by atoms with Crippen molar-refractivity contribution in [2.45, 2.75) is 5.41 Å². The zero-order chi connectivity index (χ0) is 26.4. The highest BCUT2D eigenvalue weighted by Crippen LogP contribution is 2.62. The van der Waals surface area contributed by atoms with E-state index in [1.165, 1.54) is 0 Å². The molecule has 0 fully saturated rings. The van der Waals surface area contributed by atoms with E-state index in [4.69, 9.17) is 0 Å². The predicted molar refractivity (Wildman–Crippen MR) is 158 cm³/mol. The summed E-state index contributed by atoms with van der Waals surface area (Å²) < 4.78 is 0. The van der Waals surface area contributed by atoms with Crippen LogP contribution in [0.15, 0.2) is 146 Å². The maximum Gasteiger partial charge on any atom is 0.120 e. The molecule has 7 rings (SSSR count). The summed E-state index contributed by atoms with van der Waals surface area (Å²) in [6, 6.07) is 48.5. The number of phenols is 2. The first-order chi connectivity index (χ1) is 19.2. The third kappa shape index (κ3) is 3.35. The second-order valence-corrected chi connectivity index (χ2v) is 9.97. The molecule has 0 saturated carbocycles. The summed E-state index contributed by atoms with van der Waals surface area (Å²) in [5, 5.41) is 23.7. The van der Waals surface area contributed by atoms with Gasteiger partial charge in [0.2, 0.25) is 0 Å². The standard InChI is InChI=1S/C37H26O2/c38-33-23-11-19-27(25-13-3-1-4-14-25)35(33)37(31-21-9-7-17-29(31)30-18-8-10-22-32(30)37)36-28(20-12-24-34(36)39)26-15-5-2-6-16-26/h1-24,38-39H. The van der Waals surface area contributed by atoms with E-state index in [9.17, 15) is 10.2 Å². The van der Waals surface area contributed by atoms with Gasteiger partial charge in [-0.15, -0.1) is 0 Å². The van der Waals surface area contributed by atoms with E-state index in [0.29, 0.717) is 0 Å². The van der Waals surface area contributed by atoms with Crippen molar-refractivity contribution in [3.8, 4) is 44.9 Å². The number of benzene rings is 6. The van der Waals surface area contributed by atoms with Gasteiger partial charge in [0, 0.05) is 11.1 Å². The molecule has 2 heteroatoms. The first-order valence-electron chi connectivity index (χ1n) is 13.2.